The molecule has 7 heteroatoms. The van der Waals surface area contributed by atoms with Crippen LogP contribution in [0.5, 0.6) is 5.75 Å². The van der Waals surface area contributed by atoms with Crippen molar-refractivity contribution in [3.05, 3.63) is 84.2 Å². The third-order valence-electron chi connectivity index (χ3n) is 5.37. The molecule has 2 aromatic carbocycles. The lowest BCUT2D eigenvalue weighted by atomic mass is 10.2. The van der Waals surface area contributed by atoms with E-state index in [-0.39, 0.29) is 11.8 Å². The van der Waals surface area contributed by atoms with Gasteiger partial charge in [0.1, 0.15) is 5.75 Å². The maximum atomic E-state index is 12.6. The Morgan fingerprint density at radius 2 is 1.70 bits per heavy atom. The fourth-order valence-corrected chi connectivity index (χ4v) is 3.57. The monoisotopic (exact) mass is 444 g/mol. The molecular formula is C26H28N4O3. The molecule has 0 saturated heterocycles. The Balaban J connectivity index is 1.30. The zero-order valence-electron chi connectivity index (χ0n) is 18.7. The zero-order chi connectivity index (χ0) is 23.0. The van der Waals surface area contributed by atoms with Crippen molar-refractivity contribution < 1.29 is 14.3 Å². The zero-order valence-corrected chi connectivity index (χ0v) is 18.7. The van der Waals surface area contributed by atoms with E-state index in [1.807, 2.05) is 37.4 Å². The molecular weight excluding hydrogens is 416 g/mol. The summed E-state index contributed by atoms with van der Waals surface area (Å²) in [7, 11) is 0. The highest BCUT2D eigenvalue weighted by atomic mass is 16.5. The van der Waals surface area contributed by atoms with Crippen LogP contribution in [-0.4, -0.2) is 40.9 Å². The van der Waals surface area contributed by atoms with Crippen LogP contribution in [0.3, 0.4) is 0 Å². The maximum Gasteiger partial charge on any atom is 0.255 e. The first-order valence-corrected chi connectivity index (χ1v) is 11.2. The Bertz CT molecular complexity index is 1060. The van der Waals surface area contributed by atoms with E-state index in [0.29, 0.717) is 42.7 Å². The average Bonchev–Trinajstić information content (AvgIpc) is 3.67. The van der Waals surface area contributed by atoms with Crippen molar-refractivity contribution in [3.8, 4) is 5.75 Å². The van der Waals surface area contributed by atoms with E-state index in [9.17, 15) is 9.59 Å². The number of aromatic nitrogens is 1. The fraction of sp³-hybridized carbons (Fsp3) is 0.269. The lowest BCUT2D eigenvalue weighted by Gasteiger charge is -2.21. The minimum absolute atomic E-state index is 0.0719. The van der Waals surface area contributed by atoms with Crippen LogP contribution in [0.1, 0.15) is 35.7 Å². The van der Waals surface area contributed by atoms with E-state index in [0.717, 1.165) is 24.2 Å². The number of ether oxygens (including phenoxy) is 1. The molecule has 0 radical (unpaired) electrons. The number of hydrogen-bond acceptors (Lipinski definition) is 5. The van der Waals surface area contributed by atoms with Gasteiger partial charge in [-0.15, -0.1) is 0 Å². The van der Waals surface area contributed by atoms with Gasteiger partial charge >= 0.3 is 0 Å². The number of benzene rings is 2. The number of carbonyl (C=O) groups excluding carboxylic acids is 2. The summed E-state index contributed by atoms with van der Waals surface area (Å²) in [5.41, 5.74) is 2.96. The highest BCUT2D eigenvalue weighted by molar-refractivity contribution is 6.04. The normalized spacial score (nSPS) is 12.9. The molecule has 0 unspecified atom stereocenters. The van der Waals surface area contributed by atoms with E-state index in [1.54, 1.807) is 42.6 Å². The average molecular weight is 445 g/mol. The third kappa shape index (κ3) is 6.63. The molecule has 1 aromatic heterocycles. The number of nitrogens with zero attached hydrogens (tertiary/aromatic N) is 2. The Labute approximate surface area is 193 Å². The Hall–Kier alpha value is -3.71. The van der Waals surface area contributed by atoms with Gasteiger partial charge in [-0.3, -0.25) is 19.5 Å². The van der Waals surface area contributed by atoms with Crippen LogP contribution in [0.25, 0.3) is 0 Å². The van der Waals surface area contributed by atoms with Crippen LogP contribution >= 0.6 is 0 Å². The lowest BCUT2D eigenvalue weighted by molar-refractivity contribution is -0.117. The molecule has 1 fully saturated rings. The van der Waals surface area contributed by atoms with Crippen LogP contribution in [0.4, 0.5) is 11.4 Å². The SMILES string of the molecule is CCOc1ccc(NC(=O)c2ccc(NC(=O)CN(Cc3cccnc3)C3CC3)cc2)cc1. The molecule has 1 aliphatic carbocycles. The van der Waals surface area contributed by atoms with Gasteiger partial charge in [0.2, 0.25) is 5.91 Å². The number of rotatable bonds is 10. The summed E-state index contributed by atoms with van der Waals surface area (Å²) < 4.78 is 5.41. The number of amides is 2. The smallest absolute Gasteiger partial charge is 0.255 e. The first kappa shape index (κ1) is 22.5. The topological polar surface area (TPSA) is 83.6 Å². The molecule has 33 heavy (non-hydrogen) atoms. The molecule has 0 spiro atoms. The van der Waals surface area contributed by atoms with Gasteiger partial charge < -0.3 is 15.4 Å². The summed E-state index contributed by atoms with van der Waals surface area (Å²) in [6, 6.07) is 18.5. The van der Waals surface area contributed by atoms with Crippen LogP contribution in [0.2, 0.25) is 0 Å². The van der Waals surface area contributed by atoms with E-state index in [1.165, 1.54) is 0 Å². The molecule has 0 bridgehead atoms. The Kier molecular flexibility index (Phi) is 7.32. The second-order valence-electron chi connectivity index (χ2n) is 8.03. The molecule has 1 heterocycles. The Morgan fingerprint density at radius 1 is 1.00 bits per heavy atom. The minimum atomic E-state index is -0.214. The van der Waals surface area contributed by atoms with Crippen LogP contribution in [-0.2, 0) is 11.3 Å². The van der Waals surface area contributed by atoms with Crippen LogP contribution in [0, 0.1) is 0 Å². The molecule has 4 rings (SSSR count). The van der Waals surface area contributed by atoms with Gasteiger partial charge in [-0.05, 0) is 79.9 Å². The predicted molar refractivity (Wildman–Crippen MR) is 128 cm³/mol. The molecule has 1 saturated carbocycles. The number of hydrogen-bond donors (Lipinski definition) is 2. The number of carbonyl (C=O) groups is 2. The van der Waals surface area contributed by atoms with E-state index < -0.39 is 0 Å². The summed E-state index contributed by atoms with van der Waals surface area (Å²) in [6.45, 7) is 3.54. The first-order chi connectivity index (χ1) is 16.1. The van der Waals surface area contributed by atoms with Gasteiger partial charge in [0.15, 0.2) is 0 Å². The second-order valence-corrected chi connectivity index (χ2v) is 8.03. The van der Waals surface area contributed by atoms with Crippen molar-refractivity contribution in [1.29, 1.82) is 0 Å². The predicted octanol–water partition coefficient (Wildman–Crippen LogP) is 4.34. The van der Waals surface area contributed by atoms with Crippen molar-refractivity contribution in [3.63, 3.8) is 0 Å². The Morgan fingerprint density at radius 3 is 2.33 bits per heavy atom. The lowest BCUT2D eigenvalue weighted by Crippen LogP contribution is -2.34. The van der Waals surface area contributed by atoms with E-state index in [2.05, 4.69) is 20.5 Å². The standard InChI is InChI=1S/C26H28N4O3/c1-2-33-24-13-9-22(10-14-24)29-26(32)20-5-7-21(8-6-20)28-25(31)18-30(23-11-12-23)17-19-4-3-15-27-16-19/h3-10,13-16,23H,2,11-12,17-18H2,1H3,(H,28,31)(H,29,32). The molecule has 0 atom stereocenters. The van der Waals surface area contributed by atoms with Crippen LogP contribution in [0.15, 0.2) is 73.1 Å². The summed E-state index contributed by atoms with van der Waals surface area (Å²) in [5, 5.41) is 5.80. The molecule has 1 aliphatic rings. The number of pyridine rings is 1. The van der Waals surface area contributed by atoms with Crippen LogP contribution < -0.4 is 15.4 Å². The fourth-order valence-electron chi connectivity index (χ4n) is 3.57. The second kappa shape index (κ2) is 10.7. The van der Waals surface area contributed by atoms with Gasteiger partial charge in [0, 0.05) is 41.9 Å². The first-order valence-electron chi connectivity index (χ1n) is 11.2. The van der Waals surface area contributed by atoms with E-state index in [4.69, 9.17) is 4.74 Å². The summed E-state index contributed by atoms with van der Waals surface area (Å²) in [4.78, 5) is 31.5. The molecule has 3 aromatic rings. The molecule has 2 N–H and O–H groups in total. The molecule has 2 amide bonds. The highest BCUT2D eigenvalue weighted by Gasteiger charge is 2.30. The van der Waals surface area contributed by atoms with Crippen molar-refractivity contribution in [2.45, 2.75) is 32.4 Å². The summed E-state index contributed by atoms with van der Waals surface area (Å²) >= 11 is 0. The third-order valence-corrected chi connectivity index (χ3v) is 5.37. The molecule has 170 valence electrons. The van der Waals surface area contributed by atoms with Crippen molar-refractivity contribution in [2.75, 3.05) is 23.8 Å². The minimum Gasteiger partial charge on any atom is -0.494 e. The highest BCUT2D eigenvalue weighted by Crippen LogP contribution is 2.28. The van der Waals surface area contributed by atoms with Gasteiger partial charge in [-0.25, -0.2) is 0 Å². The quantitative estimate of drug-likeness (QED) is 0.486. The van der Waals surface area contributed by atoms with Gasteiger partial charge in [0.25, 0.3) is 5.91 Å². The number of anilines is 2. The van der Waals surface area contributed by atoms with Gasteiger partial charge in [-0.1, -0.05) is 6.07 Å². The van der Waals surface area contributed by atoms with Crippen molar-refractivity contribution in [2.24, 2.45) is 0 Å². The molecule has 7 nitrogen and oxygen atoms in total. The molecule has 0 aliphatic heterocycles. The largest absolute Gasteiger partial charge is 0.494 e. The van der Waals surface area contributed by atoms with Gasteiger partial charge in [-0.2, -0.15) is 0 Å². The number of nitrogens with one attached hydrogen (secondary N) is 2. The summed E-state index contributed by atoms with van der Waals surface area (Å²) in [6.07, 6.45) is 5.82. The van der Waals surface area contributed by atoms with Gasteiger partial charge in [0.05, 0.1) is 13.2 Å². The van der Waals surface area contributed by atoms with E-state index >= 15 is 0 Å². The van der Waals surface area contributed by atoms with Crippen molar-refractivity contribution in [1.82, 2.24) is 9.88 Å². The summed E-state index contributed by atoms with van der Waals surface area (Å²) in [5.74, 6) is 0.474. The maximum absolute atomic E-state index is 12.6. The van der Waals surface area contributed by atoms with Crippen molar-refractivity contribution >= 4 is 23.2 Å².